The molecule has 0 unspecified atom stereocenters. The van der Waals surface area contributed by atoms with Crippen LogP contribution < -0.4 is 14.8 Å². The predicted molar refractivity (Wildman–Crippen MR) is 170 cm³/mol. The second kappa shape index (κ2) is 19.5. The molecule has 1 heterocycles. The molecule has 1 aliphatic heterocycles. The van der Waals surface area contributed by atoms with E-state index in [9.17, 15) is 4.79 Å². The molecule has 40 heavy (non-hydrogen) atoms. The summed E-state index contributed by atoms with van der Waals surface area (Å²) in [6, 6.07) is 13.4. The van der Waals surface area contributed by atoms with Gasteiger partial charge < -0.3 is 19.7 Å². The Balaban J connectivity index is 1.33. The smallest absolute Gasteiger partial charge is 0.255 e. The fourth-order valence-electron chi connectivity index (χ4n) is 4.99. The van der Waals surface area contributed by atoms with Crippen molar-refractivity contribution in [3.05, 3.63) is 65.2 Å². The average molecular weight is 567 g/mol. The number of thioether (sulfide) groups is 1. The minimum atomic E-state index is -0.155. The SMILES string of the molecule is CCCCCCCCCCCCCCCCOc1c(NC(=O)c2ccc(CN3C=CSC3)cc2)cccc1OC. The fraction of sp³-hybridized carbons (Fsp3) is 0.559. The van der Waals surface area contributed by atoms with Gasteiger partial charge in [-0.05, 0) is 41.7 Å². The van der Waals surface area contributed by atoms with Gasteiger partial charge in [0.25, 0.3) is 5.91 Å². The van der Waals surface area contributed by atoms with Gasteiger partial charge in [0.2, 0.25) is 0 Å². The van der Waals surface area contributed by atoms with Gasteiger partial charge in [0.15, 0.2) is 11.5 Å². The summed E-state index contributed by atoms with van der Waals surface area (Å²) in [5.41, 5.74) is 2.44. The normalized spacial score (nSPS) is 12.6. The summed E-state index contributed by atoms with van der Waals surface area (Å²) in [5.74, 6) is 2.05. The van der Waals surface area contributed by atoms with Crippen LogP contribution in [0.3, 0.4) is 0 Å². The van der Waals surface area contributed by atoms with E-state index in [-0.39, 0.29) is 5.91 Å². The zero-order valence-electron chi connectivity index (χ0n) is 24.8. The first kappa shape index (κ1) is 31.9. The second-order valence-electron chi connectivity index (χ2n) is 10.8. The Labute approximate surface area is 247 Å². The molecule has 0 saturated carbocycles. The number of hydrogen-bond donors (Lipinski definition) is 1. The van der Waals surface area contributed by atoms with Crippen molar-refractivity contribution < 1.29 is 14.3 Å². The van der Waals surface area contributed by atoms with Crippen LogP contribution in [0, 0.1) is 0 Å². The van der Waals surface area contributed by atoms with E-state index in [0.29, 0.717) is 29.4 Å². The Morgan fingerprint density at radius 2 is 1.48 bits per heavy atom. The zero-order valence-corrected chi connectivity index (χ0v) is 25.6. The standard InChI is InChI=1S/C34H50N2O3S/c1-3-4-5-6-7-8-9-10-11-12-13-14-15-16-25-39-33-31(18-17-19-32(33)38-2)35-34(37)30-22-20-29(21-23-30)27-36-24-26-40-28-36/h17-24,26H,3-16,25,27-28H2,1-2H3,(H,35,37). The number of methoxy groups -OCH3 is 1. The molecule has 3 rings (SSSR count). The summed E-state index contributed by atoms with van der Waals surface area (Å²) in [7, 11) is 1.63. The van der Waals surface area contributed by atoms with Crippen molar-refractivity contribution in [2.24, 2.45) is 0 Å². The molecule has 0 saturated heterocycles. The molecule has 1 amide bonds. The van der Waals surface area contributed by atoms with E-state index in [1.165, 1.54) is 82.6 Å². The zero-order chi connectivity index (χ0) is 28.3. The van der Waals surface area contributed by atoms with E-state index in [1.807, 2.05) is 42.5 Å². The van der Waals surface area contributed by atoms with Crippen molar-refractivity contribution in [2.45, 2.75) is 103 Å². The van der Waals surface area contributed by atoms with Crippen LogP contribution in [0.2, 0.25) is 0 Å². The van der Waals surface area contributed by atoms with Crippen molar-refractivity contribution in [3.63, 3.8) is 0 Å². The number of anilines is 1. The molecule has 0 bridgehead atoms. The monoisotopic (exact) mass is 566 g/mol. The molecule has 2 aromatic carbocycles. The largest absolute Gasteiger partial charge is 0.493 e. The average Bonchev–Trinajstić information content (AvgIpc) is 3.49. The summed E-state index contributed by atoms with van der Waals surface area (Å²) in [4.78, 5) is 15.2. The minimum Gasteiger partial charge on any atom is -0.493 e. The van der Waals surface area contributed by atoms with E-state index in [4.69, 9.17) is 9.47 Å². The van der Waals surface area contributed by atoms with Gasteiger partial charge in [-0.15, -0.1) is 11.8 Å². The summed E-state index contributed by atoms with van der Waals surface area (Å²) >= 11 is 1.79. The Hall–Kier alpha value is -2.60. The molecule has 0 aliphatic carbocycles. The summed E-state index contributed by atoms with van der Waals surface area (Å²) in [6.07, 6.45) is 20.7. The number of hydrogen-bond acceptors (Lipinski definition) is 5. The number of nitrogens with zero attached hydrogens (tertiary/aromatic N) is 1. The van der Waals surface area contributed by atoms with Gasteiger partial charge in [0.05, 0.1) is 25.3 Å². The van der Waals surface area contributed by atoms with Crippen molar-refractivity contribution in [1.82, 2.24) is 4.90 Å². The first-order valence-corrected chi connectivity index (χ1v) is 16.5. The topological polar surface area (TPSA) is 50.8 Å². The van der Waals surface area contributed by atoms with Crippen molar-refractivity contribution in [3.8, 4) is 11.5 Å². The van der Waals surface area contributed by atoms with Gasteiger partial charge in [-0.3, -0.25) is 4.79 Å². The van der Waals surface area contributed by atoms with Gasteiger partial charge in [-0.1, -0.05) is 109 Å². The van der Waals surface area contributed by atoms with Crippen LogP contribution in [0.1, 0.15) is 113 Å². The highest BCUT2D eigenvalue weighted by Gasteiger charge is 2.15. The fourth-order valence-corrected chi connectivity index (χ4v) is 5.71. The number of ether oxygens (including phenoxy) is 2. The summed E-state index contributed by atoms with van der Waals surface area (Å²) < 4.78 is 11.7. The lowest BCUT2D eigenvalue weighted by Crippen LogP contribution is -2.15. The molecular weight excluding hydrogens is 516 g/mol. The number of nitrogens with one attached hydrogen (secondary N) is 1. The number of benzene rings is 2. The number of unbranched alkanes of at least 4 members (excludes halogenated alkanes) is 13. The third kappa shape index (κ3) is 11.9. The molecule has 5 nitrogen and oxygen atoms in total. The Morgan fingerprint density at radius 1 is 0.850 bits per heavy atom. The Bertz CT molecular complexity index is 1010. The highest BCUT2D eigenvalue weighted by Crippen LogP contribution is 2.35. The van der Waals surface area contributed by atoms with Crippen LogP contribution in [-0.4, -0.2) is 30.4 Å². The lowest BCUT2D eigenvalue weighted by Gasteiger charge is -2.16. The molecule has 0 radical (unpaired) electrons. The molecule has 220 valence electrons. The summed E-state index contributed by atoms with van der Waals surface area (Å²) in [5, 5.41) is 5.13. The third-order valence-corrected chi connectivity index (χ3v) is 8.20. The maximum atomic E-state index is 13.0. The minimum absolute atomic E-state index is 0.155. The maximum absolute atomic E-state index is 13.0. The third-order valence-electron chi connectivity index (χ3n) is 7.40. The van der Waals surface area contributed by atoms with Crippen LogP contribution in [0.15, 0.2) is 54.1 Å². The van der Waals surface area contributed by atoms with E-state index >= 15 is 0 Å². The lowest BCUT2D eigenvalue weighted by molar-refractivity contribution is 0.102. The van der Waals surface area contributed by atoms with Crippen LogP contribution in [0.25, 0.3) is 0 Å². The highest BCUT2D eigenvalue weighted by atomic mass is 32.2. The van der Waals surface area contributed by atoms with Crippen molar-refractivity contribution in [2.75, 3.05) is 24.9 Å². The number of carbonyl (C=O) groups excluding carboxylic acids is 1. The first-order valence-electron chi connectivity index (χ1n) is 15.4. The molecule has 1 aliphatic rings. The molecule has 0 fully saturated rings. The molecule has 1 N–H and O–H groups in total. The van der Waals surface area contributed by atoms with E-state index in [1.54, 1.807) is 18.9 Å². The van der Waals surface area contributed by atoms with Crippen LogP contribution in [0.4, 0.5) is 5.69 Å². The first-order chi connectivity index (χ1) is 19.7. The van der Waals surface area contributed by atoms with Gasteiger partial charge in [-0.25, -0.2) is 0 Å². The highest BCUT2D eigenvalue weighted by molar-refractivity contribution is 8.02. The Kier molecular flexibility index (Phi) is 15.5. The molecule has 2 aromatic rings. The van der Waals surface area contributed by atoms with E-state index in [2.05, 4.69) is 28.7 Å². The second-order valence-corrected chi connectivity index (χ2v) is 11.6. The lowest BCUT2D eigenvalue weighted by atomic mass is 10.0. The van der Waals surface area contributed by atoms with Gasteiger partial charge in [-0.2, -0.15) is 0 Å². The molecule has 0 aromatic heterocycles. The quantitative estimate of drug-likeness (QED) is 0.152. The molecule has 6 heteroatoms. The van der Waals surface area contributed by atoms with Gasteiger partial charge in [0.1, 0.15) is 0 Å². The summed E-state index contributed by atoms with van der Waals surface area (Å²) in [6.45, 7) is 3.73. The van der Waals surface area contributed by atoms with E-state index in [0.717, 1.165) is 25.3 Å². The van der Waals surface area contributed by atoms with Gasteiger partial charge >= 0.3 is 0 Å². The van der Waals surface area contributed by atoms with Crippen molar-refractivity contribution in [1.29, 1.82) is 0 Å². The molecule has 0 atom stereocenters. The van der Waals surface area contributed by atoms with E-state index < -0.39 is 0 Å². The predicted octanol–water partition coefficient (Wildman–Crippen LogP) is 9.79. The van der Waals surface area contributed by atoms with Crippen LogP contribution in [0.5, 0.6) is 11.5 Å². The van der Waals surface area contributed by atoms with Crippen LogP contribution in [-0.2, 0) is 6.54 Å². The van der Waals surface area contributed by atoms with Gasteiger partial charge in [0, 0.05) is 18.3 Å². The van der Waals surface area contributed by atoms with Crippen LogP contribution >= 0.6 is 11.8 Å². The Morgan fingerprint density at radius 3 is 2.05 bits per heavy atom. The maximum Gasteiger partial charge on any atom is 0.255 e. The number of para-hydroxylation sites is 1. The van der Waals surface area contributed by atoms with Crippen molar-refractivity contribution >= 4 is 23.4 Å². The number of amides is 1. The molecular formula is C34H50N2O3S. The number of rotatable bonds is 21. The number of carbonyl (C=O) groups is 1. The molecule has 0 spiro atoms.